The van der Waals surface area contributed by atoms with Crippen LogP contribution in [0, 0.1) is 5.82 Å². The van der Waals surface area contributed by atoms with Gasteiger partial charge in [0.15, 0.2) is 11.6 Å². The third-order valence-corrected chi connectivity index (χ3v) is 4.95. The highest BCUT2D eigenvalue weighted by Gasteiger charge is 2.40. The molecule has 0 radical (unpaired) electrons. The zero-order valence-electron chi connectivity index (χ0n) is 12.6. The van der Waals surface area contributed by atoms with E-state index in [0.717, 1.165) is 25.1 Å². The van der Waals surface area contributed by atoms with Crippen molar-refractivity contribution in [2.24, 2.45) is 5.73 Å². The number of benzene rings is 1. The second-order valence-electron chi connectivity index (χ2n) is 6.24. The van der Waals surface area contributed by atoms with Gasteiger partial charge in [0, 0.05) is 30.9 Å². The van der Waals surface area contributed by atoms with Gasteiger partial charge >= 0.3 is 0 Å². The molecule has 21 heavy (non-hydrogen) atoms. The molecule has 4 nitrogen and oxygen atoms in total. The highest BCUT2D eigenvalue weighted by Crippen LogP contribution is 2.35. The van der Waals surface area contributed by atoms with E-state index in [0.29, 0.717) is 12.6 Å². The van der Waals surface area contributed by atoms with Gasteiger partial charge in [0.05, 0.1) is 12.6 Å². The smallest absolute Gasteiger partial charge is 0.165 e. The van der Waals surface area contributed by atoms with Gasteiger partial charge in [-0.15, -0.1) is 0 Å². The molecule has 3 N–H and O–H groups in total. The fourth-order valence-electron chi connectivity index (χ4n) is 3.73. The van der Waals surface area contributed by atoms with E-state index in [4.69, 9.17) is 10.5 Å². The van der Waals surface area contributed by atoms with Crippen molar-refractivity contribution in [1.29, 1.82) is 0 Å². The summed E-state index contributed by atoms with van der Waals surface area (Å²) in [5.41, 5.74) is 6.87. The molecular weight excluding hydrogens is 269 g/mol. The molecule has 0 amide bonds. The van der Waals surface area contributed by atoms with E-state index < -0.39 is 0 Å². The van der Waals surface area contributed by atoms with E-state index in [1.807, 2.05) is 0 Å². The summed E-state index contributed by atoms with van der Waals surface area (Å²) in [7, 11) is 1.48. The number of methoxy groups -OCH3 is 1. The number of rotatable bonds is 4. The van der Waals surface area contributed by atoms with Gasteiger partial charge in [-0.05, 0) is 44.4 Å². The second kappa shape index (κ2) is 5.81. The van der Waals surface area contributed by atoms with Gasteiger partial charge in [0.2, 0.25) is 0 Å². The molecule has 0 bridgehead atoms. The number of piperidine rings is 1. The molecule has 2 atom stereocenters. The zero-order chi connectivity index (χ0) is 14.9. The average molecular weight is 293 g/mol. The first kappa shape index (κ1) is 14.6. The molecule has 1 aromatic rings. The topological polar surface area (TPSA) is 50.5 Å². The van der Waals surface area contributed by atoms with Crippen LogP contribution in [-0.4, -0.2) is 43.2 Å². The SMILES string of the molecule is COc1cc(NC2(CN)CCN3CCCC3C2)ccc1F. The predicted molar refractivity (Wildman–Crippen MR) is 82.2 cm³/mol. The van der Waals surface area contributed by atoms with E-state index >= 15 is 0 Å². The molecular formula is C16H24FN3O. The molecule has 0 aromatic heterocycles. The van der Waals surface area contributed by atoms with Crippen molar-refractivity contribution in [3.8, 4) is 5.75 Å². The Kier molecular flexibility index (Phi) is 4.04. The number of nitrogens with zero attached hydrogens (tertiary/aromatic N) is 1. The van der Waals surface area contributed by atoms with Crippen molar-refractivity contribution in [1.82, 2.24) is 4.90 Å². The molecule has 5 heteroatoms. The molecule has 2 aliphatic heterocycles. The summed E-state index contributed by atoms with van der Waals surface area (Å²) in [4.78, 5) is 2.57. The summed E-state index contributed by atoms with van der Waals surface area (Å²) in [5, 5.41) is 3.56. The first-order valence-corrected chi connectivity index (χ1v) is 7.72. The first-order chi connectivity index (χ1) is 10.2. The van der Waals surface area contributed by atoms with Crippen molar-refractivity contribution >= 4 is 5.69 Å². The Balaban J connectivity index is 1.77. The second-order valence-corrected chi connectivity index (χ2v) is 6.24. The van der Waals surface area contributed by atoms with Gasteiger partial charge in [0.1, 0.15) is 0 Å². The number of fused-ring (bicyclic) bond motifs is 1. The fourth-order valence-corrected chi connectivity index (χ4v) is 3.73. The van der Waals surface area contributed by atoms with Crippen LogP contribution in [0.4, 0.5) is 10.1 Å². The number of hydrogen-bond donors (Lipinski definition) is 2. The Bertz CT molecular complexity index is 510. The summed E-state index contributed by atoms with van der Waals surface area (Å²) < 4.78 is 18.6. The van der Waals surface area contributed by atoms with Crippen molar-refractivity contribution in [3.63, 3.8) is 0 Å². The Morgan fingerprint density at radius 2 is 2.33 bits per heavy atom. The standard InChI is InChI=1S/C16H24FN3O/c1-21-15-9-12(4-5-14(15)17)19-16(11-18)6-8-20-7-2-3-13(20)10-16/h4-5,9,13,19H,2-3,6-8,10-11,18H2,1H3. The lowest BCUT2D eigenvalue weighted by Gasteiger charge is -2.44. The summed E-state index contributed by atoms with van der Waals surface area (Å²) in [6.45, 7) is 2.90. The molecule has 0 spiro atoms. The maximum atomic E-state index is 13.5. The summed E-state index contributed by atoms with van der Waals surface area (Å²) in [6.07, 6.45) is 4.63. The lowest BCUT2D eigenvalue weighted by Crippen LogP contribution is -2.55. The van der Waals surface area contributed by atoms with Gasteiger partial charge < -0.3 is 20.7 Å². The van der Waals surface area contributed by atoms with Crippen LogP contribution in [0.3, 0.4) is 0 Å². The van der Waals surface area contributed by atoms with Crippen molar-refractivity contribution in [3.05, 3.63) is 24.0 Å². The monoisotopic (exact) mass is 293 g/mol. The highest BCUT2D eigenvalue weighted by atomic mass is 19.1. The molecule has 2 heterocycles. The Morgan fingerprint density at radius 3 is 3.10 bits per heavy atom. The van der Waals surface area contributed by atoms with Crippen LogP contribution in [-0.2, 0) is 0 Å². The van der Waals surface area contributed by atoms with Crippen LogP contribution in [0.5, 0.6) is 5.75 Å². The van der Waals surface area contributed by atoms with Crippen LogP contribution in [0.1, 0.15) is 25.7 Å². The third-order valence-electron chi connectivity index (χ3n) is 4.95. The summed E-state index contributed by atoms with van der Waals surface area (Å²) in [5.74, 6) is -0.0686. The molecule has 2 aliphatic rings. The average Bonchev–Trinajstić information content (AvgIpc) is 2.96. The Hall–Kier alpha value is -1.33. The maximum Gasteiger partial charge on any atom is 0.165 e. The van der Waals surface area contributed by atoms with Gasteiger partial charge in [-0.1, -0.05) is 0 Å². The summed E-state index contributed by atoms with van der Waals surface area (Å²) in [6, 6.07) is 5.55. The van der Waals surface area contributed by atoms with E-state index in [1.54, 1.807) is 12.1 Å². The molecule has 3 rings (SSSR count). The van der Waals surface area contributed by atoms with Crippen molar-refractivity contribution < 1.29 is 9.13 Å². The van der Waals surface area contributed by atoms with Gasteiger partial charge in [0.25, 0.3) is 0 Å². The maximum absolute atomic E-state index is 13.5. The molecule has 116 valence electrons. The molecule has 1 aromatic carbocycles. The first-order valence-electron chi connectivity index (χ1n) is 7.72. The molecule has 0 saturated carbocycles. The Labute approximate surface area is 125 Å². The van der Waals surface area contributed by atoms with Crippen LogP contribution < -0.4 is 15.8 Å². The number of hydrogen-bond acceptors (Lipinski definition) is 4. The zero-order valence-corrected chi connectivity index (χ0v) is 12.6. The predicted octanol–water partition coefficient (Wildman–Crippen LogP) is 2.20. The number of anilines is 1. The van der Waals surface area contributed by atoms with E-state index in [1.165, 1.54) is 32.6 Å². The largest absolute Gasteiger partial charge is 0.494 e. The minimum atomic E-state index is -0.338. The van der Waals surface area contributed by atoms with Gasteiger partial charge in [-0.3, -0.25) is 0 Å². The van der Waals surface area contributed by atoms with Crippen LogP contribution in [0.15, 0.2) is 18.2 Å². The number of ether oxygens (including phenoxy) is 1. The van der Waals surface area contributed by atoms with E-state index in [9.17, 15) is 4.39 Å². The molecule has 2 unspecified atom stereocenters. The van der Waals surface area contributed by atoms with Crippen molar-refractivity contribution in [2.45, 2.75) is 37.3 Å². The normalized spacial score (nSPS) is 29.2. The van der Waals surface area contributed by atoms with Crippen molar-refractivity contribution in [2.75, 3.05) is 32.1 Å². The number of nitrogens with one attached hydrogen (secondary N) is 1. The van der Waals surface area contributed by atoms with E-state index in [-0.39, 0.29) is 17.1 Å². The lowest BCUT2D eigenvalue weighted by atomic mass is 9.83. The fraction of sp³-hybridized carbons (Fsp3) is 0.625. The minimum Gasteiger partial charge on any atom is -0.494 e. The van der Waals surface area contributed by atoms with Crippen LogP contribution in [0.25, 0.3) is 0 Å². The lowest BCUT2D eigenvalue weighted by molar-refractivity contribution is 0.145. The van der Waals surface area contributed by atoms with E-state index in [2.05, 4.69) is 10.2 Å². The number of halogens is 1. The Morgan fingerprint density at radius 1 is 1.48 bits per heavy atom. The van der Waals surface area contributed by atoms with Gasteiger partial charge in [-0.25, -0.2) is 4.39 Å². The number of nitrogens with two attached hydrogens (primary N) is 1. The minimum absolute atomic E-state index is 0.0889. The third kappa shape index (κ3) is 2.85. The molecule has 0 aliphatic carbocycles. The summed E-state index contributed by atoms with van der Waals surface area (Å²) >= 11 is 0. The molecule has 2 fully saturated rings. The highest BCUT2D eigenvalue weighted by molar-refractivity contribution is 5.51. The van der Waals surface area contributed by atoms with Crippen LogP contribution in [0.2, 0.25) is 0 Å². The quantitative estimate of drug-likeness (QED) is 0.893. The van der Waals surface area contributed by atoms with Crippen LogP contribution >= 0.6 is 0 Å². The van der Waals surface area contributed by atoms with Gasteiger partial charge in [-0.2, -0.15) is 0 Å². The molecule has 2 saturated heterocycles.